The van der Waals surface area contributed by atoms with Crippen LogP contribution in [0.4, 0.5) is 5.69 Å². The number of rotatable bonds is 7. The van der Waals surface area contributed by atoms with Gasteiger partial charge >= 0.3 is 5.97 Å². The van der Waals surface area contributed by atoms with Crippen LogP contribution < -0.4 is 10.6 Å². The highest BCUT2D eigenvalue weighted by molar-refractivity contribution is 7.80. The third kappa shape index (κ3) is 5.53. The fourth-order valence-corrected chi connectivity index (χ4v) is 4.08. The molecule has 0 fully saturated rings. The molecule has 1 heterocycles. The summed E-state index contributed by atoms with van der Waals surface area (Å²) in [6.07, 6.45) is 0.0794. The van der Waals surface area contributed by atoms with Crippen LogP contribution in [-0.2, 0) is 20.7 Å². The van der Waals surface area contributed by atoms with Crippen molar-refractivity contribution in [3.05, 3.63) is 77.0 Å². The number of esters is 1. The van der Waals surface area contributed by atoms with Crippen LogP contribution in [0.2, 0.25) is 0 Å². The lowest BCUT2D eigenvalue weighted by Crippen LogP contribution is -2.47. The molecular weight excluding hydrogens is 422 g/mol. The standard InChI is InChI=1S/C25H29N3O3S/c1-5-28-17(4)22(24(30)31-16(2)3)23(27-25(28)32)19-11-13-20(14-12-19)26-21(29)15-18-9-7-6-8-10-18/h6-14,16,23H,5,15H2,1-4H3,(H,26,29)(H,27,32)/t23-/m0/s1. The van der Waals surface area contributed by atoms with Crippen molar-refractivity contribution in [2.75, 3.05) is 11.9 Å². The molecule has 0 saturated heterocycles. The second kappa shape index (κ2) is 10.4. The number of hydrogen-bond donors (Lipinski definition) is 2. The maximum absolute atomic E-state index is 12.9. The average Bonchev–Trinajstić information content (AvgIpc) is 2.74. The Hall–Kier alpha value is -3.19. The molecule has 0 spiro atoms. The molecular formula is C25H29N3O3S. The van der Waals surface area contributed by atoms with E-state index in [0.717, 1.165) is 16.8 Å². The van der Waals surface area contributed by atoms with Crippen molar-refractivity contribution >= 4 is 34.9 Å². The molecule has 0 aromatic heterocycles. The third-order valence-electron chi connectivity index (χ3n) is 5.21. The Kier molecular flexibility index (Phi) is 7.64. The molecule has 168 valence electrons. The summed E-state index contributed by atoms with van der Waals surface area (Å²) in [7, 11) is 0. The fraction of sp³-hybridized carbons (Fsp3) is 0.320. The van der Waals surface area contributed by atoms with Crippen molar-refractivity contribution in [2.45, 2.75) is 46.3 Å². The molecule has 32 heavy (non-hydrogen) atoms. The highest BCUT2D eigenvalue weighted by Crippen LogP contribution is 2.32. The highest BCUT2D eigenvalue weighted by atomic mass is 32.1. The van der Waals surface area contributed by atoms with E-state index in [-0.39, 0.29) is 18.0 Å². The first-order valence-electron chi connectivity index (χ1n) is 10.7. The van der Waals surface area contributed by atoms with E-state index in [1.165, 1.54) is 0 Å². The maximum Gasteiger partial charge on any atom is 0.338 e. The van der Waals surface area contributed by atoms with Crippen molar-refractivity contribution in [3.63, 3.8) is 0 Å². The lowest BCUT2D eigenvalue weighted by atomic mass is 9.94. The van der Waals surface area contributed by atoms with Gasteiger partial charge in [0, 0.05) is 17.9 Å². The van der Waals surface area contributed by atoms with Gasteiger partial charge in [-0.3, -0.25) is 4.79 Å². The summed E-state index contributed by atoms with van der Waals surface area (Å²) in [6.45, 7) is 8.17. The van der Waals surface area contributed by atoms with E-state index in [1.54, 1.807) is 0 Å². The van der Waals surface area contributed by atoms with Crippen LogP contribution in [0.25, 0.3) is 0 Å². The first-order chi connectivity index (χ1) is 15.3. The number of allylic oxidation sites excluding steroid dienone is 1. The van der Waals surface area contributed by atoms with Crippen LogP contribution >= 0.6 is 12.2 Å². The Balaban J connectivity index is 1.80. The van der Waals surface area contributed by atoms with E-state index >= 15 is 0 Å². The molecule has 0 radical (unpaired) electrons. The Morgan fingerprint density at radius 1 is 1.12 bits per heavy atom. The van der Waals surface area contributed by atoms with Crippen molar-refractivity contribution in [3.8, 4) is 0 Å². The van der Waals surface area contributed by atoms with Gasteiger partial charge in [-0.25, -0.2) is 4.79 Å². The maximum atomic E-state index is 12.9. The van der Waals surface area contributed by atoms with E-state index in [0.29, 0.717) is 29.3 Å². The lowest BCUT2D eigenvalue weighted by Gasteiger charge is -2.37. The van der Waals surface area contributed by atoms with Crippen molar-refractivity contribution in [1.82, 2.24) is 10.2 Å². The number of carbonyl (C=O) groups is 2. The predicted molar refractivity (Wildman–Crippen MR) is 130 cm³/mol. The van der Waals surface area contributed by atoms with Gasteiger partial charge in [-0.05, 0) is 63.2 Å². The van der Waals surface area contributed by atoms with Gasteiger partial charge in [-0.1, -0.05) is 42.5 Å². The third-order valence-corrected chi connectivity index (χ3v) is 5.55. The Morgan fingerprint density at radius 3 is 2.38 bits per heavy atom. The zero-order valence-electron chi connectivity index (χ0n) is 18.8. The van der Waals surface area contributed by atoms with Crippen LogP contribution in [-0.4, -0.2) is 34.5 Å². The van der Waals surface area contributed by atoms with E-state index in [2.05, 4.69) is 10.6 Å². The summed E-state index contributed by atoms with van der Waals surface area (Å²) in [5, 5.41) is 6.76. The van der Waals surface area contributed by atoms with Crippen LogP contribution in [0.15, 0.2) is 65.9 Å². The molecule has 7 heteroatoms. The highest BCUT2D eigenvalue weighted by Gasteiger charge is 2.34. The molecule has 1 amide bonds. The smallest absolute Gasteiger partial charge is 0.338 e. The van der Waals surface area contributed by atoms with Gasteiger partial charge in [-0.15, -0.1) is 0 Å². The number of hydrogen-bond acceptors (Lipinski definition) is 4. The summed E-state index contributed by atoms with van der Waals surface area (Å²) in [5.74, 6) is -0.451. The van der Waals surface area contributed by atoms with Crippen LogP contribution in [0, 0.1) is 0 Å². The lowest BCUT2D eigenvalue weighted by molar-refractivity contribution is -0.143. The number of anilines is 1. The topological polar surface area (TPSA) is 70.7 Å². The number of nitrogens with zero attached hydrogens (tertiary/aromatic N) is 1. The van der Waals surface area contributed by atoms with Crippen molar-refractivity contribution in [1.29, 1.82) is 0 Å². The molecule has 1 aliphatic rings. The summed E-state index contributed by atoms with van der Waals surface area (Å²) < 4.78 is 5.51. The van der Waals surface area contributed by atoms with E-state index < -0.39 is 6.04 Å². The minimum absolute atomic E-state index is 0.0866. The number of thiocarbonyl (C=S) groups is 1. The van der Waals surface area contributed by atoms with Crippen LogP contribution in [0.1, 0.15) is 44.9 Å². The van der Waals surface area contributed by atoms with Gasteiger partial charge < -0.3 is 20.3 Å². The zero-order chi connectivity index (χ0) is 23.3. The molecule has 2 aromatic carbocycles. The summed E-state index contributed by atoms with van der Waals surface area (Å²) in [6, 6.07) is 16.6. The normalized spacial score (nSPS) is 16.1. The quantitative estimate of drug-likeness (QED) is 0.482. The second-order valence-electron chi connectivity index (χ2n) is 7.91. The van der Waals surface area contributed by atoms with Gasteiger partial charge in [0.05, 0.1) is 24.1 Å². The zero-order valence-corrected chi connectivity index (χ0v) is 19.7. The Bertz CT molecular complexity index is 1020. The second-order valence-corrected chi connectivity index (χ2v) is 8.30. The van der Waals surface area contributed by atoms with E-state index in [4.69, 9.17) is 17.0 Å². The minimum Gasteiger partial charge on any atom is -0.459 e. The molecule has 1 atom stereocenters. The summed E-state index contributed by atoms with van der Waals surface area (Å²) in [5.41, 5.74) is 3.83. The molecule has 6 nitrogen and oxygen atoms in total. The summed E-state index contributed by atoms with van der Waals surface area (Å²) in [4.78, 5) is 27.2. The number of amides is 1. The number of benzene rings is 2. The minimum atomic E-state index is -0.425. The van der Waals surface area contributed by atoms with Crippen molar-refractivity contribution < 1.29 is 14.3 Å². The molecule has 3 rings (SSSR count). The van der Waals surface area contributed by atoms with Gasteiger partial charge in [0.25, 0.3) is 0 Å². The van der Waals surface area contributed by atoms with E-state index in [9.17, 15) is 9.59 Å². The van der Waals surface area contributed by atoms with Crippen molar-refractivity contribution in [2.24, 2.45) is 0 Å². The molecule has 2 N–H and O–H groups in total. The number of ether oxygens (including phenoxy) is 1. The molecule has 1 aliphatic heterocycles. The van der Waals surface area contributed by atoms with Gasteiger partial charge in [0.15, 0.2) is 5.11 Å². The first kappa shape index (κ1) is 23.5. The van der Waals surface area contributed by atoms with E-state index in [1.807, 2.05) is 87.2 Å². The Morgan fingerprint density at radius 2 is 1.78 bits per heavy atom. The molecule has 0 saturated carbocycles. The SMILES string of the molecule is CCN1C(=S)N[C@@H](c2ccc(NC(=O)Cc3ccccc3)cc2)C(C(=O)OC(C)C)=C1C. The molecule has 2 aromatic rings. The molecule has 0 bridgehead atoms. The largest absolute Gasteiger partial charge is 0.459 e. The van der Waals surface area contributed by atoms with Crippen LogP contribution in [0.5, 0.6) is 0 Å². The van der Waals surface area contributed by atoms with Crippen LogP contribution in [0.3, 0.4) is 0 Å². The average molecular weight is 452 g/mol. The van der Waals surface area contributed by atoms with Gasteiger partial charge in [0.1, 0.15) is 0 Å². The predicted octanol–water partition coefficient (Wildman–Crippen LogP) is 4.34. The first-order valence-corrected chi connectivity index (χ1v) is 11.1. The monoisotopic (exact) mass is 451 g/mol. The number of carbonyl (C=O) groups excluding carboxylic acids is 2. The molecule has 0 unspecified atom stereocenters. The Labute approximate surface area is 194 Å². The van der Waals surface area contributed by atoms with Gasteiger partial charge in [0.2, 0.25) is 5.91 Å². The number of nitrogens with one attached hydrogen (secondary N) is 2. The fourth-order valence-electron chi connectivity index (χ4n) is 3.70. The molecule has 0 aliphatic carbocycles. The van der Waals surface area contributed by atoms with Gasteiger partial charge in [-0.2, -0.15) is 0 Å². The summed E-state index contributed by atoms with van der Waals surface area (Å²) >= 11 is 5.52.